The number of hydrogen-bond acceptors (Lipinski definition) is 4. The van der Waals surface area contributed by atoms with Crippen molar-refractivity contribution in [1.29, 1.82) is 0 Å². The Bertz CT molecular complexity index is 145. The third kappa shape index (κ3) is 1.91. The van der Waals surface area contributed by atoms with Crippen LogP contribution in [0, 0.1) is 5.92 Å². The van der Waals surface area contributed by atoms with Gasteiger partial charge in [-0.2, -0.15) is 0 Å². The maximum Gasteiger partial charge on any atom is 0.311 e. The van der Waals surface area contributed by atoms with E-state index in [1.54, 1.807) is 0 Å². The molecule has 0 aliphatic carbocycles. The minimum absolute atomic E-state index is 0.0203. The molecule has 4 nitrogen and oxygen atoms in total. The molecule has 0 radical (unpaired) electrons. The smallest absolute Gasteiger partial charge is 0.311 e. The van der Waals surface area contributed by atoms with Gasteiger partial charge in [0.05, 0.1) is 32.3 Å². The van der Waals surface area contributed by atoms with Crippen LogP contribution in [0.2, 0.25) is 0 Å². The molecule has 1 aliphatic rings. The fourth-order valence-corrected chi connectivity index (χ4v) is 1.16. The molecular formula is C7H12O4. The standard InChI is InChI=1S/C7H12O4/c1-10-7(9)5-2-6(3-8)11-4-5/h5-6,8H,2-4H2,1H3. The number of hydrogen-bond donors (Lipinski definition) is 1. The molecule has 1 aliphatic heterocycles. The van der Waals surface area contributed by atoms with Crippen LogP contribution in [0.4, 0.5) is 0 Å². The van der Waals surface area contributed by atoms with Gasteiger partial charge in [-0.05, 0) is 6.42 Å². The van der Waals surface area contributed by atoms with Crippen molar-refractivity contribution in [2.24, 2.45) is 5.92 Å². The summed E-state index contributed by atoms with van der Waals surface area (Å²) >= 11 is 0. The van der Waals surface area contributed by atoms with E-state index in [1.165, 1.54) is 7.11 Å². The summed E-state index contributed by atoms with van der Waals surface area (Å²) < 4.78 is 9.61. The predicted molar refractivity (Wildman–Crippen MR) is 36.9 cm³/mol. The molecule has 0 amide bonds. The summed E-state index contributed by atoms with van der Waals surface area (Å²) in [5, 5.41) is 8.66. The van der Waals surface area contributed by atoms with E-state index >= 15 is 0 Å². The van der Waals surface area contributed by atoms with E-state index in [9.17, 15) is 4.79 Å². The second-order valence-electron chi connectivity index (χ2n) is 2.59. The zero-order chi connectivity index (χ0) is 8.27. The van der Waals surface area contributed by atoms with Crippen molar-refractivity contribution in [3.8, 4) is 0 Å². The lowest BCUT2D eigenvalue weighted by molar-refractivity contribution is -0.145. The fraction of sp³-hybridized carbons (Fsp3) is 0.857. The van der Waals surface area contributed by atoms with Crippen molar-refractivity contribution >= 4 is 5.97 Å². The van der Waals surface area contributed by atoms with Crippen molar-refractivity contribution in [3.05, 3.63) is 0 Å². The van der Waals surface area contributed by atoms with Gasteiger partial charge in [0.15, 0.2) is 0 Å². The third-order valence-corrected chi connectivity index (χ3v) is 1.82. The number of aliphatic hydroxyl groups is 1. The average molecular weight is 160 g/mol. The summed E-state index contributed by atoms with van der Waals surface area (Å²) in [4.78, 5) is 10.9. The number of methoxy groups -OCH3 is 1. The van der Waals surface area contributed by atoms with Crippen LogP contribution in [0.25, 0.3) is 0 Å². The molecule has 0 spiro atoms. The Balaban J connectivity index is 2.35. The van der Waals surface area contributed by atoms with Gasteiger partial charge in [0.25, 0.3) is 0 Å². The van der Waals surface area contributed by atoms with Crippen LogP contribution in [0.15, 0.2) is 0 Å². The molecule has 2 unspecified atom stereocenters. The van der Waals surface area contributed by atoms with Gasteiger partial charge in [-0.15, -0.1) is 0 Å². The van der Waals surface area contributed by atoms with Crippen LogP contribution in [0.3, 0.4) is 0 Å². The Kier molecular flexibility index (Phi) is 2.84. The second kappa shape index (κ2) is 3.69. The van der Waals surface area contributed by atoms with Crippen molar-refractivity contribution in [1.82, 2.24) is 0 Å². The van der Waals surface area contributed by atoms with Gasteiger partial charge in [0.2, 0.25) is 0 Å². The maximum absolute atomic E-state index is 10.9. The van der Waals surface area contributed by atoms with E-state index in [2.05, 4.69) is 4.74 Å². The normalized spacial score (nSPS) is 30.4. The highest BCUT2D eigenvalue weighted by molar-refractivity contribution is 5.72. The van der Waals surface area contributed by atoms with Gasteiger partial charge in [0, 0.05) is 0 Å². The first kappa shape index (κ1) is 8.49. The number of aliphatic hydroxyl groups excluding tert-OH is 1. The highest BCUT2D eigenvalue weighted by Gasteiger charge is 2.30. The summed E-state index contributed by atoms with van der Waals surface area (Å²) in [6.07, 6.45) is 0.391. The molecule has 1 N–H and O–H groups in total. The van der Waals surface area contributed by atoms with E-state index in [0.29, 0.717) is 13.0 Å². The predicted octanol–water partition coefficient (Wildman–Crippen LogP) is -0.443. The van der Waals surface area contributed by atoms with Crippen molar-refractivity contribution in [2.45, 2.75) is 12.5 Å². The quantitative estimate of drug-likeness (QED) is 0.556. The number of esters is 1. The minimum atomic E-state index is -0.249. The van der Waals surface area contributed by atoms with Crippen LogP contribution in [-0.2, 0) is 14.3 Å². The van der Waals surface area contributed by atoms with Crippen LogP contribution in [0.5, 0.6) is 0 Å². The van der Waals surface area contributed by atoms with Gasteiger partial charge in [-0.25, -0.2) is 0 Å². The minimum Gasteiger partial charge on any atom is -0.469 e. The summed E-state index contributed by atoms with van der Waals surface area (Å²) in [6, 6.07) is 0. The molecule has 0 saturated carbocycles. The van der Waals surface area contributed by atoms with Crippen LogP contribution < -0.4 is 0 Å². The van der Waals surface area contributed by atoms with Crippen molar-refractivity contribution in [2.75, 3.05) is 20.3 Å². The molecule has 1 fully saturated rings. The van der Waals surface area contributed by atoms with E-state index in [0.717, 1.165) is 0 Å². The highest BCUT2D eigenvalue weighted by Crippen LogP contribution is 2.19. The summed E-state index contributed by atoms with van der Waals surface area (Å²) in [7, 11) is 1.36. The molecule has 4 heteroatoms. The molecule has 11 heavy (non-hydrogen) atoms. The molecule has 0 bridgehead atoms. The number of rotatable bonds is 2. The molecule has 1 heterocycles. The Hall–Kier alpha value is -0.610. The lowest BCUT2D eigenvalue weighted by Gasteiger charge is -2.03. The molecule has 1 saturated heterocycles. The van der Waals surface area contributed by atoms with E-state index in [4.69, 9.17) is 9.84 Å². The molecule has 2 atom stereocenters. The SMILES string of the molecule is COC(=O)C1COC(CO)C1. The first-order chi connectivity index (χ1) is 5.27. The van der Waals surface area contributed by atoms with Gasteiger partial charge in [0.1, 0.15) is 0 Å². The zero-order valence-electron chi connectivity index (χ0n) is 6.45. The second-order valence-corrected chi connectivity index (χ2v) is 2.59. The van der Waals surface area contributed by atoms with Gasteiger partial charge in [-0.3, -0.25) is 4.79 Å². The van der Waals surface area contributed by atoms with E-state index in [1.807, 2.05) is 0 Å². The Morgan fingerprint density at radius 1 is 1.82 bits per heavy atom. The molecule has 64 valence electrons. The zero-order valence-corrected chi connectivity index (χ0v) is 6.45. The van der Waals surface area contributed by atoms with Crippen LogP contribution >= 0.6 is 0 Å². The Labute approximate surface area is 65.1 Å². The first-order valence-corrected chi connectivity index (χ1v) is 3.58. The lowest BCUT2D eigenvalue weighted by Crippen LogP contribution is -2.16. The van der Waals surface area contributed by atoms with Gasteiger partial charge >= 0.3 is 5.97 Å². The van der Waals surface area contributed by atoms with Crippen molar-refractivity contribution < 1.29 is 19.4 Å². The highest BCUT2D eigenvalue weighted by atomic mass is 16.5. The summed E-state index contributed by atoms with van der Waals surface area (Å²) in [6.45, 7) is 0.353. The molecule has 1 rings (SSSR count). The van der Waals surface area contributed by atoms with E-state index < -0.39 is 0 Å². The molecule has 0 aromatic heterocycles. The van der Waals surface area contributed by atoms with E-state index in [-0.39, 0.29) is 24.6 Å². The molecule has 0 aromatic carbocycles. The molecule has 0 aromatic rings. The van der Waals surface area contributed by atoms with Gasteiger partial charge < -0.3 is 14.6 Å². The number of ether oxygens (including phenoxy) is 2. The fourth-order valence-electron chi connectivity index (χ4n) is 1.16. The third-order valence-electron chi connectivity index (χ3n) is 1.82. The Morgan fingerprint density at radius 3 is 3.00 bits per heavy atom. The van der Waals surface area contributed by atoms with Crippen LogP contribution in [0.1, 0.15) is 6.42 Å². The summed E-state index contributed by atoms with van der Waals surface area (Å²) in [5.74, 6) is -0.432. The number of carbonyl (C=O) groups is 1. The first-order valence-electron chi connectivity index (χ1n) is 3.58. The topological polar surface area (TPSA) is 55.8 Å². The monoisotopic (exact) mass is 160 g/mol. The largest absolute Gasteiger partial charge is 0.469 e. The molecular weight excluding hydrogens is 148 g/mol. The Morgan fingerprint density at radius 2 is 2.55 bits per heavy atom. The number of carbonyl (C=O) groups excluding carboxylic acids is 1. The van der Waals surface area contributed by atoms with Gasteiger partial charge in [-0.1, -0.05) is 0 Å². The lowest BCUT2D eigenvalue weighted by atomic mass is 10.1. The average Bonchev–Trinajstić information content (AvgIpc) is 2.50. The van der Waals surface area contributed by atoms with Crippen molar-refractivity contribution in [3.63, 3.8) is 0 Å². The van der Waals surface area contributed by atoms with Crippen LogP contribution in [-0.4, -0.2) is 37.5 Å². The summed E-state index contributed by atoms with van der Waals surface area (Å²) in [5.41, 5.74) is 0. The maximum atomic E-state index is 10.9.